The zero-order valence-electron chi connectivity index (χ0n) is 26.3. The van der Waals surface area contributed by atoms with Crippen molar-refractivity contribution in [1.82, 2.24) is 0 Å². The monoisotopic (exact) mass is 618 g/mol. The molecule has 0 spiro atoms. The van der Waals surface area contributed by atoms with Gasteiger partial charge in [0.1, 0.15) is 28.7 Å². The quantitative estimate of drug-likeness (QED) is 0.119. The first-order valence-corrected chi connectivity index (χ1v) is 14.1. The van der Waals surface area contributed by atoms with Crippen LogP contribution < -0.4 is 0 Å². The van der Waals surface area contributed by atoms with Crippen molar-refractivity contribution in [3.63, 3.8) is 0 Å². The normalized spacial score (nSPS) is 8.27. The lowest BCUT2D eigenvalue weighted by Crippen LogP contribution is -1.66. The predicted octanol–water partition coefficient (Wildman–Crippen LogP) is 11.6. The van der Waals surface area contributed by atoms with E-state index in [1.165, 1.54) is 0 Å². The summed E-state index contributed by atoms with van der Waals surface area (Å²) in [4.78, 5) is 0. The van der Waals surface area contributed by atoms with Crippen molar-refractivity contribution in [3.8, 4) is 28.7 Å². The zero-order chi connectivity index (χ0) is 32.7. The maximum atomic E-state index is 8.63. The van der Waals surface area contributed by atoms with Gasteiger partial charge in [0.05, 0.1) is 0 Å². The van der Waals surface area contributed by atoms with Crippen LogP contribution in [0, 0.1) is 11.8 Å². The summed E-state index contributed by atoms with van der Waals surface area (Å²) in [6, 6.07) is 43.6. The molecule has 0 aliphatic heterocycles. The topological polar surface area (TPSA) is 101 Å². The molecule has 45 heavy (non-hydrogen) atoms. The van der Waals surface area contributed by atoms with E-state index in [0.717, 1.165) is 11.8 Å². The maximum Gasteiger partial charge on any atom is 0.115 e. The van der Waals surface area contributed by atoms with Gasteiger partial charge in [0.25, 0.3) is 0 Å². The van der Waals surface area contributed by atoms with E-state index in [1.807, 2.05) is 30.3 Å². The number of rotatable bonds is 0. The van der Waals surface area contributed by atoms with Crippen LogP contribution >= 0.6 is 0 Å². The van der Waals surface area contributed by atoms with Crippen LogP contribution in [0.1, 0.15) is 56.4 Å². The summed E-state index contributed by atoms with van der Waals surface area (Å²) in [7, 11) is 0. The molecule has 0 saturated carbocycles. The van der Waals surface area contributed by atoms with Crippen LogP contribution in [0.25, 0.3) is 0 Å². The van der Waals surface area contributed by atoms with Gasteiger partial charge in [-0.25, -0.2) is 0 Å². The molecule has 0 saturated heterocycles. The third-order valence-corrected chi connectivity index (χ3v) is 3.78. The smallest absolute Gasteiger partial charge is 0.115 e. The third-order valence-electron chi connectivity index (χ3n) is 3.78. The Morgan fingerprint density at radius 3 is 0.400 bits per heavy atom. The van der Waals surface area contributed by atoms with Crippen LogP contribution in [0.15, 0.2) is 152 Å². The second kappa shape index (κ2) is 33.6. The molecular weight excluding hydrogens is 560 g/mol. The summed E-state index contributed by atoms with van der Waals surface area (Å²) in [6.07, 6.45) is 0. The van der Waals surface area contributed by atoms with Crippen LogP contribution in [0.2, 0.25) is 0 Å². The summed E-state index contributed by atoms with van der Waals surface area (Å²) in [5.41, 5.74) is 0. The Labute approximate surface area is 273 Å². The summed E-state index contributed by atoms with van der Waals surface area (Å²) in [6.45, 7) is 13.0. The Hall–Kier alpha value is -4.90. The standard InChI is InChI=1S/5C6H6O.2C4H10.2CH4/c5*7-6-4-2-1-3-5-6;2*1-4(2)3;;/h5*1-5,7H;2*4H,1-3H3;2*1H4. The van der Waals surface area contributed by atoms with E-state index >= 15 is 0 Å². The van der Waals surface area contributed by atoms with E-state index in [4.69, 9.17) is 25.5 Å². The predicted molar refractivity (Wildman–Crippen MR) is 195 cm³/mol. The molecule has 0 fully saturated rings. The molecule has 5 heteroatoms. The Kier molecular flexibility index (Phi) is 35.1. The van der Waals surface area contributed by atoms with Crippen molar-refractivity contribution in [3.05, 3.63) is 152 Å². The van der Waals surface area contributed by atoms with Crippen molar-refractivity contribution in [2.45, 2.75) is 56.4 Å². The van der Waals surface area contributed by atoms with Crippen molar-refractivity contribution >= 4 is 0 Å². The third kappa shape index (κ3) is 43.7. The van der Waals surface area contributed by atoms with Crippen LogP contribution in [-0.2, 0) is 0 Å². The minimum absolute atomic E-state index is 0. The molecule has 5 nitrogen and oxygen atoms in total. The van der Waals surface area contributed by atoms with Gasteiger partial charge in [0, 0.05) is 0 Å². The fourth-order valence-corrected chi connectivity index (χ4v) is 2.14. The second-order valence-corrected chi connectivity index (χ2v) is 10.1. The number of para-hydroxylation sites is 5. The first-order chi connectivity index (χ1) is 20.4. The lowest BCUT2D eigenvalue weighted by atomic mass is 10.3. The minimum atomic E-state index is 0. The molecule has 0 bridgehead atoms. The molecule has 0 aromatic heterocycles. The van der Waals surface area contributed by atoms with Gasteiger partial charge in [0.2, 0.25) is 0 Å². The molecule has 5 N–H and O–H groups in total. The summed E-state index contributed by atoms with van der Waals surface area (Å²) < 4.78 is 0. The summed E-state index contributed by atoms with van der Waals surface area (Å²) in [5, 5.41) is 43.2. The lowest BCUT2D eigenvalue weighted by molar-refractivity contribution is 0.475. The highest BCUT2D eigenvalue weighted by Crippen LogP contribution is 2.05. The second-order valence-electron chi connectivity index (χ2n) is 10.1. The fraction of sp³-hybridized carbons (Fsp3) is 0.250. The molecule has 0 aliphatic carbocycles. The Balaban J connectivity index is -0.000000219. The van der Waals surface area contributed by atoms with Crippen molar-refractivity contribution in [2.75, 3.05) is 0 Å². The first kappa shape index (κ1) is 47.0. The van der Waals surface area contributed by atoms with Crippen LogP contribution in [0.5, 0.6) is 28.7 Å². The molecular formula is C40H58O5. The molecule has 5 rings (SSSR count). The van der Waals surface area contributed by atoms with Crippen molar-refractivity contribution in [1.29, 1.82) is 0 Å². The van der Waals surface area contributed by atoms with Gasteiger partial charge >= 0.3 is 0 Å². The van der Waals surface area contributed by atoms with Crippen LogP contribution in [-0.4, -0.2) is 25.5 Å². The summed E-state index contributed by atoms with van der Waals surface area (Å²) >= 11 is 0. The number of hydrogen-bond acceptors (Lipinski definition) is 5. The number of hydrogen-bond donors (Lipinski definition) is 5. The van der Waals surface area contributed by atoms with Crippen LogP contribution in [0.4, 0.5) is 0 Å². The zero-order valence-corrected chi connectivity index (χ0v) is 26.3. The molecule has 5 aromatic carbocycles. The Morgan fingerprint density at radius 1 is 0.267 bits per heavy atom. The highest BCUT2D eigenvalue weighted by Gasteiger charge is 1.77. The Morgan fingerprint density at radius 2 is 0.356 bits per heavy atom. The number of benzene rings is 5. The van der Waals surface area contributed by atoms with Crippen molar-refractivity contribution in [2.24, 2.45) is 11.8 Å². The van der Waals surface area contributed by atoms with Gasteiger partial charge in [-0.15, -0.1) is 0 Å². The molecule has 0 unspecified atom stereocenters. The molecule has 0 aliphatic rings. The summed E-state index contributed by atoms with van der Waals surface area (Å²) in [5.74, 6) is 3.28. The largest absolute Gasteiger partial charge is 0.508 e. The maximum absolute atomic E-state index is 8.63. The van der Waals surface area contributed by atoms with E-state index in [2.05, 4.69) is 41.5 Å². The van der Waals surface area contributed by atoms with E-state index in [1.54, 1.807) is 121 Å². The molecule has 0 atom stereocenters. The SMILES string of the molecule is C.C.CC(C)C.CC(C)C.Oc1ccccc1.Oc1ccccc1.Oc1ccccc1.Oc1ccccc1.Oc1ccccc1. The van der Waals surface area contributed by atoms with Crippen LogP contribution in [0.3, 0.4) is 0 Å². The number of phenolic OH excluding ortho intramolecular Hbond substituents is 5. The van der Waals surface area contributed by atoms with Gasteiger partial charge < -0.3 is 25.5 Å². The van der Waals surface area contributed by atoms with Gasteiger partial charge in [-0.3, -0.25) is 0 Å². The molecule has 0 amide bonds. The average Bonchev–Trinajstić information content (AvgIpc) is 2.96. The van der Waals surface area contributed by atoms with E-state index in [-0.39, 0.29) is 14.9 Å². The average molecular weight is 619 g/mol. The van der Waals surface area contributed by atoms with Crippen molar-refractivity contribution < 1.29 is 25.5 Å². The van der Waals surface area contributed by atoms with E-state index in [9.17, 15) is 0 Å². The lowest BCUT2D eigenvalue weighted by Gasteiger charge is -1.82. The minimum Gasteiger partial charge on any atom is -0.508 e. The molecule has 248 valence electrons. The Bertz CT molecular complexity index is 971. The van der Waals surface area contributed by atoms with E-state index < -0.39 is 0 Å². The number of phenols is 5. The van der Waals surface area contributed by atoms with Gasteiger partial charge in [-0.1, -0.05) is 147 Å². The molecule has 0 radical (unpaired) electrons. The van der Waals surface area contributed by atoms with Gasteiger partial charge in [-0.2, -0.15) is 0 Å². The first-order valence-electron chi connectivity index (χ1n) is 14.1. The fourth-order valence-electron chi connectivity index (χ4n) is 2.14. The van der Waals surface area contributed by atoms with Gasteiger partial charge in [-0.05, 0) is 72.5 Å². The molecule has 5 aromatic rings. The highest BCUT2D eigenvalue weighted by atomic mass is 16.3. The molecule has 0 heterocycles. The highest BCUT2D eigenvalue weighted by molar-refractivity contribution is 5.20. The van der Waals surface area contributed by atoms with Gasteiger partial charge in [0.15, 0.2) is 0 Å². The number of aromatic hydroxyl groups is 5. The van der Waals surface area contributed by atoms with E-state index in [0.29, 0.717) is 28.7 Å².